The number of fused-ring (bicyclic) bond motifs is 1. The Morgan fingerprint density at radius 3 is 2.44 bits per heavy atom. The summed E-state index contributed by atoms with van der Waals surface area (Å²) in [5.74, 6) is -0.213. The third-order valence-corrected chi connectivity index (χ3v) is 4.66. The van der Waals surface area contributed by atoms with E-state index in [1.54, 1.807) is 42.9 Å². The molecule has 140 valence electrons. The van der Waals surface area contributed by atoms with E-state index in [0.717, 1.165) is 5.56 Å². The van der Waals surface area contributed by atoms with E-state index in [9.17, 15) is 14.7 Å². The van der Waals surface area contributed by atoms with E-state index in [2.05, 4.69) is 10.3 Å². The van der Waals surface area contributed by atoms with Crippen LogP contribution in [0.25, 0.3) is 10.8 Å². The van der Waals surface area contributed by atoms with Crippen molar-refractivity contribution >= 4 is 16.7 Å². The molecule has 3 aromatic rings. The highest BCUT2D eigenvalue weighted by Gasteiger charge is 2.19. The molecule has 0 aliphatic carbocycles. The predicted molar refractivity (Wildman–Crippen MR) is 105 cm³/mol. The molecule has 27 heavy (non-hydrogen) atoms. The Kier molecular flexibility index (Phi) is 5.66. The van der Waals surface area contributed by atoms with Gasteiger partial charge in [0.2, 0.25) is 0 Å². The minimum atomic E-state index is -0.350. The van der Waals surface area contributed by atoms with Crippen molar-refractivity contribution in [1.82, 2.24) is 14.9 Å². The lowest BCUT2D eigenvalue weighted by Gasteiger charge is -2.21. The van der Waals surface area contributed by atoms with Gasteiger partial charge in [0, 0.05) is 29.4 Å². The first-order valence-corrected chi connectivity index (χ1v) is 8.94. The number of hydrogen-bond acceptors (Lipinski definition) is 4. The second-order valence-corrected chi connectivity index (χ2v) is 6.88. The monoisotopic (exact) mass is 365 g/mol. The third-order valence-electron chi connectivity index (χ3n) is 4.66. The number of hydrogen-bond donors (Lipinski definition) is 2. The molecule has 2 heterocycles. The maximum absolute atomic E-state index is 12.9. The van der Waals surface area contributed by atoms with Gasteiger partial charge < -0.3 is 15.0 Å². The highest BCUT2D eigenvalue weighted by molar-refractivity contribution is 6.06. The fourth-order valence-electron chi connectivity index (χ4n) is 3.00. The summed E-state index contributed by atoms with van der Waals surface area (Å²) in [5, 5.41) is 13.5. The van der Waals surface area contributed by atoms with Crippen molar-refractivity contribution in [2.45, 2.75) is 26.4 Å². The molecular weight excluding hydrogens is 342 g/mol. The fraction of sp³-hybridized carbons (Fsp3) is 0.286. The number of benzene rings is 1. The molecule has 0 fully saturated rings. The van der Waals surface area contributed by atoms with Crippen molar-refractivity contribution in [3.8, 4) is 0 Å². The standard InChI is InChI=1S/C21H23N3O3/c1-14(2)19(13-25)23-20(26)18-12-24(11-15-7-9-22-10-8-15)21(27)17-6-4-3-5-16(17)18/h3-10,12,14,19,25H,11,13H2,1-2H3,(H,23,26)/t19-/m1/s1. The van der Waals surface area contributed by atoms with Crippen LogP contribution in [0.15, 0.2) is 59.8 Å². The second-order valence-electron chi connectivity index (χ2n) is 6.88. The summed E-state index contributed by atoms with van der Waals surface area (Å²) >= 11 is 0. The van der Waals surface area contributed by atoms with Gasteiger partial charge in [0.15, 0.2) is 0 Å². The summed E-state index contributed by atoms with van der Waals surface area (Å²) < 4.78 is 1.54. The number of nitrogens with one attached hydrogen (secondary N) is 1. The third kappa shape index (κ3) is 4.06. The molecular formula is C21H23N3O3. The van der Waals surface area contributed by atoms with Gasteiger partial charge in [-0.2, -0.15) is 0 Å². The fourth-order valence-corrected chi connectivity index (χ4v) is 3.00. The summed E-state index contributed by atoms with van der Waals surface area (Å²) in [4.78, 5) is 29.8. The Morgan fingerprint density at radius 2 is 1.81 bits per heavy atom. The average Bonchev–Trinajstić information content (AvgIpc) is 2.68. The van der Waals surface area contributed by atoms with Gasteiger partial charge in [-0.05, 0) is 29.7 Å². The maximum atomic E-state index is 12.9. The minimum Gasteiger partial charge on any atom is -0.394 e. The normalized spacial score (nSPS) is 12.3. The predicted octanol–water partition coefficient (Wildman–Crippen LogP) is 2.19. The minimum absolute atomic E-state index is 0.0907. The molecule has 6 nitrogen and oxygen atoms in total. The van der Waals surface area contributed by atoms with Crippen LogP contribution < -0.4 is 10.9 Å². The first-order valence-electron chi connectivity index (χ1n) is 8.94. The SMILES string of the molecule is CC(C)[C@@H](CO)NC(=O)c1cn(Cc2ccncc2)c(=O)c2ccccc12. The Balaban J connectivity index is 2.07. The van der Waals surface area contributed by atoms with Gasteiger partial charge >= 0.3 is 0 Å². The number of aromatic nitrogens is 2. The Labute approximate surface area is 157 Å². The zero-order chi connectivity index (χ0) is 19.4. The van der Waals surface area contributed by atoms with Crippen molar-refractivity contribution in [2.75, 3.05) is 6.61 Å². The van der Waals surface area contributed by atoms with Crippen LogP contribution in [0.3, 0.4) is 0 Å². The lowest BCUT2D eigenvalue weighted by atomic mass is 10.0. The zero-order valence-electron chi connectivity index (χ0n) is 15.4. The van der Waals surface area contributed by atoms with Crippen LogP contribution in [-0.4, -0.2) is 33.2 Å². The van der Waals surface area contributed by atoms with Crippen molar-refractivity contribution in [1.29, 1.82) is 0 Å². The quantitative estimate of drug-likeness (QED) is 0.701. The summed E-state index contributed by atoms with van der Waals surface area (Å²) in [7, 11) is 0. The van der Waals surface area contributed by atoms with Gasteiger partial charge in [0.05, 0.1) is 24.8 Å². The topological polar surface area (TPSA) is 84.2 Å². The van der Waals surface area contributed by atoms with Crippen LogP contribution in [0.1, 0.15) is 29.8 Å². The molecule has 0 saturated carbocycles. The molecule has 3 rings (SSSR count). The first kappa shape index (κ1) is 18.8. The van der Waals surface area contributed by atoms with Crippen molar-refractivity contribution in [3.05, 3.63) is 76.5 Å². The van der Waals surface area contributed by atoms with Crippen LogP contribution in [0.4, 0.5) is 0 Å². The highest BCUT2D eigenvalue weighted by Crippen LogP contribution is 2.17. The largest absolute Gasteiger partial charge is 0.394 e. The number of carbonyl (C=O) groups excluding carboxylic acids is 1. The van der Waals surface area contributed by atoms with Crippen LogP contribution in [0.2, 0.25) is 0 Å². The first-order chi connectivity index (χ1) is 13.0. The van der Waals surface area contributed by atoms with Crippen LogP contribution in [0.5, 0.6) is 0 Å². The molecule has 1 amide bonds. The lowest BCUT2D eigenvalue weighted by molar-refractivity contribution is 0.0898. The van der Waals surface area contributed by atoms with Gasteiger partial charge in [-0.15, -0.1) is 0 Å². The molecule has 6 heteroatoms. The van der Waals surface area contributed by atoms with Gasteiger partial charge in [-0.1, -0.05) is 32.0 Å². The zero-order valence-corrected chi connectivity index (χ0v) is 15.4. The van der Waals surface area contributed by atoms with Crippen LogP contribution in [0, 0.1) is 5.92 Å². The van der Waals surface area contributed by atoms with E-state index in [-0.39, 0.29) is 30.0 Å². The van der Waals surface area contributed by atoms with Crippen molar-refractivity contribution in [2.24, 2.45) is 5.92 Å². The number of nitrogens with zero attached hydrogens (tertiary/aromatic N) is 2. The van der Waals surface area contributed by atoms with E-state index in [1.165, 1.54) is 4.57 Å². The number of rotatable bonds is 6. The lowest BCUT2D eigenvalue weighted by Crippen LogP contribution is -2.41. The van der Waals surface area contributed by atoms with Gasteiger partial charge in [0.1, 0.15) is 0 Å². The van der Waals surface area contributed by atoms with Crippen molar-refractivity contribution < 1.29 is 9.90 Å². The molecule has 0 spiro atoms. The van der Waals surface area contributed by atoms with Gasteiger partial charge in [-0.25, -0.2) is 0 Å². The molecule has 2 N–H and O–H groups in total. The maximum Gasteiger partial charge on any atom is 0.258 e. The number of amides is 1. The Bertz CT molecular complexity index is 996. The second kappa shape index (κ2) is 8.14. The number of aliphatic hydroxyl groups excluding tert-OH is 1. The highest BCUT2D eigenvalue weighted by atomic mass is 16.3. The molecule has 0 unspecified atom stereocenters. The molecule has 0 radical (unpaired) electrons. The van der Waals surface area contributed by atoms with Crippen LogP contribution in [-0.2, 0) is 6.54 Å². The number of carbonyl (C=O) groups is 1. The molecule has 0 saturated heterocycles. The molecule has 0 bridgehead atoms. The Morgan fingerprint density at radius 1 is 1.15 bits per heavy atom. The number of aliphatic hydroxyl groups is 1. The van der Waals surface area contributed by atoms with E-state index in [0.29, 0.717) is 22.9 Å². The molecule has 2 aromatic heterocycles. The summed E-state index contributed by atoms with van der Waals surface area (Å²) in [5.41, 5.74) is 1.18. The molecule has 1 atom stereocenters. The summed E-state index contributed by atoms with van der Waals surface area (Å²) in [6, 6.07) is 10.4. The van der Waals surface area contributed by atoms with E-state index < -0.39 is 0 Å². The summed E-state index contributed by atoms with van der Waals surface area (Å²) in [6.07, 6.45) is 4.93. The van der Waals surface area contributed by atoms with Gasteiger partial charge in [0.25, 0.3) is 11.5 Å². The van der Waals surface area contributed by atoms with Crippen LogP contribution >= 0.6 is 0 Å². The van der Waals surface area contributed by atoms with Gasteiger partial charge in [-0.3, -0.25) is 14.6 Å². The van der Waals surface area contributed by atoms with E-state index in [1.807, 2.05) is 26.0 Å². The smallest absolute Gasteiger partial charge is 0.258 e. The molecule has 1 aromatic carbocycles. The van der Waals surface area contributed by atoms with E-state index in [4.69, 9.17) is 0 Å². The van der Waals surface area contributed by atoms with E-state index >= 15 is 0 Å². The Hall–Kier alpha value is -2.99. The number of pyridine rings is 2. The molecule has 0 aliphatic heterocycles. The molecule has 0 aliphatic rings. The van der Waals surface area contributed by atoms with Crippen molar-refractivity contribution in [3.63, 3.8) is 0 Å². The summed E-state index contributed by atoms with van der Waals surface area (Å²) in [6.45, 7) is 4.07. The average molecular weight is 365 g/mol.